The fourth-order valence-electron chi connectivity index (χ4n) is 5.15. The Hall–Kier alpha value is -3.63. The van der Waals surface area contributed by atoms with Crippen molar-refractivity contribution in [3.63, 3.8) is 0 Å². The lowest BCUT2D eigenvalue weighted by Gasteiger charge is -2.37. The van der Waals surface area contributed by atoms with Crippen molar-refractivity contribution in [2.45, 2.75) is 26.3 Å². The molecule has 2 N–H and O–H groups in total. The Kier molecular flexibility index (Phi) is 6.08. The van der Waals surface area contributed by atoms with Gasteiger partial charge in [0.15, 0.2) is 0 Å². The minimum Gasteiger partial charge on any atom is -0.478 e. The Morgan fingerprint density at radius 3 is 2.65 bits per heavy atom. The molecular formula is C30H30N2O2. The summed E-state index contributed by atoms with van der Waals surface area (Å²) in [5.74, 6) is -0.478. The largest absolute Gasteiger partial charge is 0.478 e. The third-order valence-corrected chi connectivity index (χ3v) is 7.00. The number of aryl methyl sites for hydroxylation is 1. The van der Waals surface area contributed by atoms with Crippen LogP contribution in [0.4, 0.5) is 11.4 Å². The zero-order valence-electron chi connectivity index (χ0n) is 19.7. The Morgan fingerprint density at radius 2 is 1.79 bits per heavy atom. The number of carboxylic acid groups (broad SMARTS) is 1. The third-order valence-electron chi connectivity index (χ3n) is 7.00. The van der Waals surface area contributed by atoms with Crippen LogP contribution in [-0.2, 0) is 6.42 Å². The van der Waals surface area contributed by atoms with E-state index in [1.165, 1.54) is 27.6 Å². The van der Waals surface area contributed by atoms with Gasteiger partial charge in [0.25, 0.3) is 0 Å². The lowest BCUT2D eigenvalue weighted by Crippen LogP contribution is -2.38. The Balaban J connectivity index is 1.39. The Morgan fingerprint density at radius 1 is 1.03 bits per heavy atom. The lowest BCUT2D eigenvalue weighted by molar-refractivity contribution is 0.0696. The second-order valence-corrected chi connectivity index (χ2v) is 9.31. The van der Waals surface area contributed by atoms with Crippen LogP contribution < -0.4 is 10.2 Å². The van der Waals surface area contributed by atoms with E-state index in [-0.39, 0.29) is 6.04 Å². The van der Waals surface area contributed by atoms with E-state index in [1.807, 2.05) is 25.1 Å². The first kappa shape index (κ1) is 22.2. The number of nitrogens with one attached hydrogen (secondary N) is 1. The molecule has 0 saturated heterocycles. The van der Waals surface area contributed by atoms with Gasteiger partial charge in [0.05, 0.1) is 5.56 Å². The van der Waals surface area contributed by atoms with Crippen LogP contribution in [0.25, 0.3) is 10.8 Å². The summed E-state index contributed by atoms with van der Waals surface area (Å²) in [4.78, 5) is 14.0. The van der Waals surface area contributed by atoms with Crippen molar-refractivity contribution in [3.05, 3.63) is 107 Å². The first-order valence-electron chi connectivity index (χ1n) is 11.9. The number of fused-ring (bicyclic) bond motifs is 2. The molecule has 0 aliphatic carbocycles. The van der Waals surface area contributed by atoms with Gasteiger partial charge in [-0.1, -0.05) is 66.7 Å². The molecule has 5 rings (SSSR count). The first-order valence-corrected chi connectivity index (χ1v) is 11.9. The van der Waals surface area contributed by atoms with E-state index in [1.54, 1.807) is 0 Å². The molecular weight excluding hydrogens is 420 g/mol. The van der Waals surface area contributed by atoms with Crippen molar-refractivity contribution in [2.24, 2.45) is 5.92 Å². The molecule has 0 fully saturated rings. The van der Waals surface area contributed by atoms with E-state index in [9.17, 15) is 9.90 Å². The quantitative estimate of drug-likeness (QED) is 0.352. The SMILES string of the molecule is Cc1ccc(N2C[C@@H](CN[C@H](C)c3cccc4ccccc34)Cc3ccccc32)cc1C(=O)O. The topological polar surface area (TPSA) is 52.6 Å². The van der Waals surface area contributed by atoms with E-state index in [4.69, 9.17) is 0 Å². The summed E-state index contributed by atoms with van der Waals surface area (Å²) in [5.41, 5.74) is 5.86. The molecule has 4 aromatic carbocycles. The van der Waals surface area contributed by atoms with Crippen LogP contribution >= 0.6 is 0 Å². The fourth-order valence-corrected chi connectivity index (χ4v) is 5.15. The van der Waals surface area contributed by atoms with E-state index in [0.717, 1.165) is 30.8 Å². The molecule has 4 aromatic rings. The number of aromatic carboxylic acids is 1. The molecule has 1 aliphatic rings. The number of hydrogen-bond donors (Lipinski definition) is 2. The van der Waals surface area contributed by atoms with Gasteiger partial charge < -0.3 is 15.3 Å². The summed E-state index contributed by atoms with van der Waals surface area (Å²) >= 11 is 0. The molecule has 172 valence electrons. The van der Waals surface area contributed by atoms with E-state index in [0.29, 0.717) is 11.5 Å². The second kappa shape index (κ2) is 9.32. The van der Waals surface area contributed by atoms with Crippen LogP contribution in [0, 0.1) is 12.8 Å². The summed E-state index contributed by atoms with van der Waals surface area (Å²) in [5, 5.41) is 16.0. The van der Waals surface area contributed by atoms with Crippen molar-refractivity contribution >= 4 is 28.1 Å². The number of hydrogen-bond acceptors (Lipinski definition) is 3. The molecule has 1 heterocycles. The lowest BCUT2D eigenvalue weighted by atomic mass is 9.91. The zero-order valence-corrected chi connectivity index (χ0v) is 19.7. The molecule has 1 aliphatic heterocycles. The van der Waals surface area contributed by atoms with Crippen LogP contribution in [-0.4, -0.2) is 24.2 Å². The highest BCUT2D eigenvalue weighted by molar-refractivity contribution is 5.91. The van der Waals surface area contributed by atoms with Crippen molar-refractivity contribution in [3.8, 4) is 0 Å². The number of carbonyl (C=O) groups is 1. The Bertz CT molecular complexity index is 1340. The van der Waals surface area contributed by atoms with Gasteiger partial charge in [-0.3, -0.25) is 0 Å². The Labute approximate surface area is 200 Å². The standard InChI is InChI=1S/C30H30N2O2/c1-20-14-15-25(17-28(20)30(33)34)32-19-22(16-24-9-4-6-13-29(24)32)18-31-21(2)26-12-7-10-23-8-3-5-11-27(23)26/h3-15,17,21-22,31H,16,18-19H2,1-2H3,(H,33,34)/t21-,22-/m1/s1. The summed E-state index contributed by atoms with van der Waals surface area (Å²) in [6.07, 6.45) is 1.000. The summed E-state index contributed by atoms with van der Waals surface area (Å²) in [7, 11) is 0. The maximum Gasteiger partial charge on any atom is 0.336 e. The minimum absolute atomic E-state index is 0.231. The van der Waals surface area contributed by atoms with Crippen LogP contribution in [0.1, 0.15) is 40.0 Å². The van der Waals surface area contributed by atoms with Gasteiger partial charge in [-0.15, -0.1) is 0 Å². The molecule has 34 heavy (non-hydrogen) atoms. The van der Waals surface area contributed by atoms with Gasteiger partial charge in [-0.2, -0.15) is 0 Å². The maximum atomic E-state index is 11.7. The van der Waals surface area contributed by atoms with Crippen molar-refractivity contribution in [1.82, 2.24) is 5.32 Å². The molecule has 0 radical (unpaired) electrons. The smallest absolute Gasteiger partial charge is 0.336 e. The van der Waals surface area contributed by atoms with Crippen molar-refractivity contribution < 1.29 is 9.90 Å². The number of benzene rings is 4. The van der Waals surface area contributed by atoms with Gasteiger partial charge in [0.1, 0.15) is 0 Å². The van der Waals surface area contributed by atoms with Crippen molar-refractivity contribution in [2.75, 3.05) is 18.0 Å². The number of anilines is 2. The molecule has 0 bridgehead atoms. The number of rotatable bonds is 6. The van der Waals surface area contributed by atoms with Crippen LogP contribution in [0.5, 0.6) is 0 Å². The highest BCUT2D eigenvalue weighted by atomic mass is 16.4. The van der Waals surface area contributed by atoms with Crippen LogP contribution in [0.15, 0.2) is 84.9 Å². The number of nitrogens with zero attached hydrogens (tertiary/aromatic N) is 1. The van der Waals surface area contributed by atoms with Gasteiger partial charge in [-0.05, 0) is 71.8 Å². The highest BCUT2D eigenvalue weighted by Gasteiger charge is 2.26. The van der Waals surface area contributed by atoms with Gasteiger partial charge in [0.2, 0.25) is 0 Å². The highest BCUT2D eigenvalue weighted by Crippen LogP contribution is 2.36. The molecule has 4 heteroatoms. The summed E-state index contributed by atoms with van der Waals surface area (Å²) < 4.78 is 0. The average Bonchev–Trinajstić information content (AvgIpc) is 2.86. The fraction of sp³-hybridized carbons (Fsp3) is 0.233. The van der Waals surface area contributed by atoms with Gasteiger partial charge >= 0.3 is 5.97 Å². The molecule has 0 amide bonds. The third kappa shape index (κ3) is 4.29. The first-order chi connectivity index (χ1) is 16.5. The molecule has 4 nitrogen and oxygen atoms in total. The summed E-state index contributed by atoms with van der Waals surface area (Å²) in [6.45, 7) is 5.80. The second-order valence-electron chi connectivity index (χ2n) is 9.31. The number of para-hydroxylation sites is 1. The van der Waals surface area contributed by atoms with Crippen molar-refractivity contribution in [1.29, 1.82) is 0 Å². The van der Waals surface area contributed by atoms with Crippen LogP contribution in [0.2, 0.25) is 0 Å². The zero-order chi connectivity index (χ0) is 23.7. The van der Waals surface area contributed by atoms with Crippen LogP contribution in [0.3, 0.4) is 0 Å². The summed E-state index contributed by atoms with van der Waals surface area (Å²) in [6, 6.07) is 29.5. The maximum absolute atomic E-state index is 11.7. The van der Waals surface area contributed by atoms with Gasteiger partial charge in [-0.25, -0.2) is 4.79 Å². The minimum atomic E-state index is -0.883. The molecule has 0 saturated carbocycles. The van der Waals surface area contributed by atoms with Gasteiger partial charge in [0, 0.05) is 30.5 Å². The average molecular weight is 451 g/mol. The van der Waals surface area contributed by atoms with E-state index >= 15 is 0 Å². The predicted octanol–water partition coefficient (Wildman–Crippen LogP) is 6.51. The molecule has 0 spiro atoms. The molecule has 0 aromatic heterocycles. The van der Waals surface area contributed by atoms with E-state index in [2.05, 4.69) is 83.9 Å². The monoisotopic (exact) mass is 450 g/mol. The molecule has 0 unspecified atom stereocenters. The van der Waals surface area contributed by atoms with E-state index < -0.39 is 5.97 Å². The number of carboxylic acids is 1. The normalized spacial score (nSPS) is 16.3. The molecule has 2 atom stereocenters. The predicted molar refractivity (Wildman–Crippen MR) is 139 cm³/mol.